The molecule has 1 fully saturated rings. The molecule has 56 valence electrons. The minimum atomic E-state index is 0.729. The molecule has 10 heavy (non-hydrogen) atoms. The average Bonchev–Trinajstić information content (AvgIpc) is 2.17. The van der Waals surface area contributed by atoms with Gasteiger partial charge in [-0.2, -0.15) is 5.26 Å². The maximum absolute atomic E-state index is 8.46. The van der Waals surface area contributed by atoms with E-state index < -0.39 is 0 Å². The van der Waals surface area contributed by atoms with Crippen molar-refractivity contribution in [3.05, 3.63) is 0 Å². The summed E-state index contributed by atoms with van der Waals surface area (Å²) in [6.07, 6.45) is 8.88. The van der Waals surface area contributed by atoms with E-state index >= 15 is 0 Å². The van der Waals surface area contributed by atoms with E-state index in [9.17, 15) is 0 Å². The number of hydrogen-bond acceptors (Lipinski definition) is 1. The molecule has 0 N–H and O–H groups in total. The predicted octanol–water partition coefficient (Wildman–Crippen LogP) is 2.87. The smallest absolute Gasteiger partial charge is 0.0624 e. The lowest BCUT2D eigenvalue weighted by Gasteiger charge is -2.06. The van der Waals surface area contributed by atoms with Gasteiger partial charge in [-0.25, -0.2) is 0 Å². The van der Waals surface area contributed by atoms with E-state index in [2.05, 4.69) is 6.07 Å². The van der Waals surface area contributed by atoms with Gasteiger partial charge in [-0.05, 0) is 18.8 Å². The number of hydrogen-bond donors (Lipinski definition) is 0. The third-order valence-corrected chi connectivity index (χ3v) is 2.35. The Morgan fingerprint density at radius 1 is 1.10 bits per heavy atom. The van der Waals surface area contributed by atoms with Crippen molar-refractivity contribution in [2.75, 3.05) is 0 Å². The Hall–Kier alpha value is -0.510. The van der Waals surface area contributed by atoms with Gasteiger partial charge in [0.2, 0.25) is 0 Å². The molecule has 1 heteroatoms. The first-order chi connectivity index (χ1) is 4.93. The molecule has 0 aromatic rings. The summed E-state index contributed by atoms with van der Waals surface area (Å²) in [5.74, 6) is 0.729. The fourth-order valence-electron chi connectivity index (χ4n) is 1.70. The lowest BCUT2D eigenvalue weighted by molar-refractivity contribution is 0.470. The highest BCUT2D eigenvalue weighted by atomic mass is 14.3. The highest BCUT2D eigenvalue weighted by molar-refractivity contribution is 4.77. The fourth-order valence-corrected chi connectivity index (χ4v) is 1.70. The zero-order valence-corrected chi connectivity index (χ0v) is 6.47. The molecule has 0 aliphatic heterocycles. The summed E-state index contributed by atoms with van der Waals surface area (Å²) in [6, 6.07) is 2.27. The van der Waals surface area contributed by atoms with Crippen LogP contribution in [0.25, 0.3) is 0 Å². The lowest BCUT2D eigenvalue weighted by atomic mass is 9.98. The normalized spacial score (nSPS) is 21.5. The molecule has 0 amide bonds. The van der Waals surface area contributed by atoms with Crippen molar-refractivity contribution in [3.63, 3.8) is 0 Å². The summed E-state index contributed by atoms with van der Waals surface area (Å²) in [7, 11) is 0. The van der Waals surface area contributed by atoms with Crippen molar-refractivity contribution in [1.29, 1.82) is 5.26 Å². The minimum absolute atomic E-state index is 0.729. The largest absolute Gasteiger partial charge is 0.198 e. The van der Waals surface area contributed by atoms with Crippen molar-refractivity contribution < 1.29 is 0 Å². The molecule has 1 rings (SSSR count). The van der Waals surface area contributed by atoms with Crippen molar-refractivity contribution in [1.82, 2.24) is 0 Å². The molecule has 0 aromatic carbocycles. The van der Waals surface area contributed by atoms with Crippen molar-refractivity contribution >= 4 is 0 Å². The molecule has 0 aromatic heterocycles. The predicted molar refractivity (Wildman–Crippen MR) is 41.4 cm³/mol. The summed E-state index contributed by atoms with van der Waals surface area (Å²) in [6.45, 7) is 0. The highest BCUT2D eigenvalue weighted by Crippen LogP contribution is 2.24. The van der Waals surface area contributed by atoms with E-state index in [-0.39, 0.29) is 0 Å². The molecule has 0 unspecified atom stereocenters. The Bertz CT molecular complexity index is 115. The van der Waals surface area contributed by atoms with Crippen molar-refractivity contribution in [2.24, 2.45) is 5.92 Å². The molecule has 0 heterocycles. The SMILES string of the molecule is N#CCC1CCCCCC1. The van der Waals surface area contributed by atoms with Crippen LogP contribution in [0.4, 0.5) is 0 Å². The summed E-state index contributed by atoms with van der Waals surface area (Å²) >= 11 is 0. The Kier molecular flexibility index (Phi) is 3.29. The summed E-state index contributed by atoms with van der Waals surface area (Å²) in [5, 5.41) is 8.46. The molecule has 0 atom stereocenters. The third kappa shape index (κ3) is 2.39. The topological polar surface area (TPSA) is 23.8 Å². The van der Waals surface area contributed by atoms with E-state index in [4.69, 9.17) is 5.26 Å². The second-order valence-corrected chi connectivity index (χ2v) is 3.22. The van der Waals surface area contributed by atoms with Crippen molar-refractivity contribution in [3.8, 4) is 6.07 Å². The van der Waals surface area contributed by atoms with Gasteiger partial charge < -0.3 is 0 Å². The molecule has 1 nitrogen and oxygen atoms in total. The number of nitriles is 1. The van der Waals surface area contributed by atoms with Gasteiger partial charge in [-0.15, -0.1) is 0 Å². The molecule has 1 aliphatic carbocycles. The van der Waals surface area contributed by atoms with E-state index in [1.807, 2.05) is 0 Å². The van der Waals surface area contributed by atoms with Crippen LogP contribution in [0.15, 0.2) is 0 Å². The Labute approximate surface area is 63.0 Å². The van der Waals surface area contributed by atoms with Crippen molar-refractivity contribution in [2.45, 2.75) is 44.9 Å². The molecule has 0 radical (unpaired) electrons. The van der Waals surface area contributed by atoms with Gasteiger partial charge in [0.15, 0.2) is 0 Å². The number of nitrogens with zero attached hydrogens (tertiary/aromatic N) is 1. The first kappa shape index (κ1) is 7.60. The van der Waals surface area contributed by atoms with Gasteiger partial charge in [-0.1, -0.05) is 25.7 Å². The van der Waals surface area contributed by atoms with Crippen LogP contribution in [0.2, 0.25) is 0 Å². The van der Waals surface area contributed by atoms with Gasteiger partial charge in [0.25, 0.3) is 0 Å². The van der Waals surface area contributed by atoms with Crippen LogP contribution >= 0.6 is 0 Å². The van der Waals surface area contributed by atoms with Crippen LogP contribution in [0.5, 0.6) is 0 Å². The molecular formula is C9H15N. The first-order valence-electron chi connectivity index (χ1n) is 4.30. The van der Waals surface area contributed by atoms with Crippen LogP contribution in [-0.2, 0) is 0 Å². The maximum atomic E-state index is 8.46. The Morgan fingerprint density at radius 3 is 2.20 bits per heavy atom. The summed E-state index contributed by atoms with van der Waals surface area (Å²) in [4.78, 5) is 0. The standard InChI is InChI=1S/C9H15N/c10-8-7-9-5-3-1-2-4-6-9/h9H,1-7H2. The van der Waals surface area contributed by atoms with Gasteiger partial charge >= 0.3 is 0 Å². The van der Waals surface area contributed by atoms with Crippen LogP contribution < -0.4 is 0 Å². The van der Waals surface area contributed by atoms with Gasteiger partial charge in [0.1, 0.15) is 0 Å². The molecule has 0 saturated heterocycles. The van der Waals surface area contributed by atoms with Crippen LogP contribution in [0, 0.1) is 17.2 Å². The Balaban J connectivity index is 2.23. The molecule has 1 saturated carbocycles. The van der Waals surface area contributed by atoms with Crippen LogP contribution in [0.3, 0.4) is 0 Å². The minimum Gasteiger partial charge on any atom is -0.198 e. The second kappa shape index (κ2) is 4.33. The second-order valence-electron chi connectivity index (χ2n) is 3.22. The van der Waals surface area contributed by atoms with E-state index in [0.29, 0.717) is 0 Å². The third-order valence-electron chi connectivity index (χ3n) is 2.35. The van der Waals surface area contributed by atoms with Gasteiger partial charge in [0.05, 0.1) is 6.07 Å². The summed E-state index contributed by atoms with van der Waals surface area (Å²) in [5.41, 5.74) is 0. The molecule has 0 bridgehead atoms. The number of rotatable bonds is 1. The lowest BCUT2D eigenvalue weighted by Crippen LogP contribution is -1.95. The molecule has 1 aliphatic rings. The highest BCUT2D eigenvalue weighted by Gasteiger charge is 2.10. The first-order valence-corrected chi connectivity index (χ1v) is 4.30. The van der Waals surface area contributed by atoms with E-state index in [1.165, 1.54) is 38.5 Å². The molecular weight excluding hydrogens is 122 g/mol. The van der Waals surface area contributed by atoms with E-state index in [1.54, 1.807) is 0 Å². The zero-order valence-electron chi connectivity index (χ0n) is 6.47. The van der Waals surface area contributed by atoms with Gasteiger partial charge in [-0.3, -0.25) is 0 Å². The van der Waals surface area contributed by atoms with Crippen LogP contribution in [-0.4, -0.2) is 0 Å². The fraction of sp³-hybridized carbons (Fsp3) is 0.889. The maximum Gasteiger partial charge on any atom is 0.0624 e. The monoisotopic (exact) mass is 137 g/mol. The average molecular weight is 137 g/mol. The van der Waals surface area contributed by atoms with E-state index in [0.717, 1.165) is 12.3 Å². The van der Waals surface area contributed by atoms with Gasteiger partial charge in [0, 0.05) is 6.42 Å². The quantitative estimate of drug-likeness (QED) is 0.510. The van der Waals surface area contributed by atoms with Crippen LogP contribution in [0.1, 0.15) is 44.9 Å². The summed E-state index contributed by atoms with van der Waals surface area (Å²) < 4.78 is 0. The zero-order chi connectivity index (χ0) is 7.23. The Morgan fingerprint density at radius 2 is 1.70 bits per heavy atom. The molecule has 0 spiro atoms.